The number of piperidine rings is 1. The van der Waals surface area contributed by atoms with Crippen molar-refractivity contribution in [1.82, 2.24) is 19.7 Å². The third-order valence-corrected chi connectivity index (χ3v) is 6.88. The summed E-state index contributed by atoms with van der Waals surface area (Å²) in [5, 5.41) is 9.19. The highest BCUT2D eigenvalue weighted by molar-refractivity contribution is 8.00. The Hall–Kier alpha value is -2.35. The summed E-state index contributed by atoms with van der Waals surface area (Å²) in [6, 6.07) is 8.43. The van der Waals surface area contributed by atoms with Gasteiger partial charge in [-0.1, -0.05) is 56.8 Å². The number of carbonyl (C=O) groups excluding carboxylic acids is 2. The predicted molar refractivity (Wildman–Crippen MR) is 124 cm³/mol. The third-order valence-electron chi connectivity index (χ3n) is 5.81. The minimum atomic E-state index is -0.328. The number of benzene rings is 1. The van der Waals surface area contributed by atoms with Gasteiger partial charge in [-0.2, -0.15) is 0 Å². The number of aromatic nitrogens is 3. The molecule has 0 saturated carbocycles. The molecular weight excluding hydrogens is 410 g/mol. The first-order valence-electron chi connectivity index (χ1n) is 10.9. The number of thioether (sulfide) groups is 1. The van der Waals surface area contributed by atoms with Crippen LogP contribution in [0, 0.1) is 5.92 Å². The van der Waals surface area contributed by atoms with Gasteiger partial charge in [-0.25, -0.2) is 0 Å². The van der Waals surface area contributed by atoms with Gasteiger partial charge in [0.05, 0.1) is 11.2 Å². The summed E-state index contributed by atoms with van der Waals surface area (Å²) in [5.41, 5.74) is 7.82. The summed E-state index contributed by atoms with van der Waals surface area (Å²) in [5.74, 6) is 0.233. The molecule has 31 heavy (non-hydrogen) atoms. The Kier molecular flexibility index (Phi) is 7.09. The maximum absolute atomic E-state index is 13.0. The fourth-order valence-electron chi connectivity index (χ4n) is 3.87. The van der Waals surface area contributed by atoms with Crippen LogP contribution in [-0.4, -0.2) is 49.8 Å². The van der Waals surface area contributed by atoms with Crippen molar-refractivity contribution in [1.29, 1.82) is 0 Å². The molecule has 2 amide bonds. The number of amides is 2. The molecule has 2 aromatic rings. The van der Waals surface area contributed by atoms with Crippen molar-refractivity contribution < 1.29 is 9.59 Å². The molecule has 1 fully saturated rings. The smallest absolute Gasteiger partial charge is 0.235 e. The van der Waals surface area contributed by atoms with E-state index in [4.69, 9.17) is 5.73 Å². The van der Waals surface area contributed by atoms with Crippen molar-refractivity contribution in [3.63, 3.8) is 0 Å². The summed E-state index contributed by atoms with van der Waals surface area (Å²) >= 11 is 1.41. The number of primary amides is 1. The van der Waals surface area contributed by atoms with Crippen LogP contribution < -0.4 is 5.73 Å². The van der Waals surface area contributed by atoms with E-state index in [1.165, 1.54) is 17.3 Å². The number of hydrogen-bond acceptors (Lipinski definition) is 5. The van der Waals surface area contributed by atoms with Crippen molar-refractivity contribution >= 4 is 23.6 Å². The zero-order valence-electron chi connectivity index (χ0n) is 19.1. The van der Waals surface area contributed by atoms with Gasteiger partial charge < -0.3 is 15.2 Å². The molecule has 0 radical (unpaired) electrons. The first kappa shape index (κ1) is 23.3. The van der Waals surface area contributed by atoms with Gasteiger partial charge in [-0.3, -0.25) is 9.59 Å². The molecule has 168 valence electrons. The average Bonchev–Trinajstić information content (AvgIpc) is 3.15. The van der Waals surface area contributed by atoms with Crippen LogP contribution in [0.3, 0.4) is 0 Å². The molecule has 1 aromatic heterocycles. The second-order valence-corrected chi connectivity index (χ2v) is 10.5. The molecule has 1 aromatic carbocycles. The van der Waals surface area contributed by atoms with E-state index < -0.39 is 0 Å². The van der Waals surface area contributed by atoms with Gasteiger partial charge in [0, 0.05) is 25.2 Å². The maximum atomic E-state index is 13.0. The van der Waals surface area contributed by atoms with Crippen molar-refractivity contribution in [2.24, 2.45) is 11.7 Å². The molecule has 2 heterocycles. The zero-order valence-corrected chi connectivity index (χ0v) is 19.9. The number of carbonyl (C=O) groups is 2. The minimum Gasteiger partial charge on any atom is -0.369 e. The van der Waals surface area contributed by atoms with E-state index >= 15 is 0 Å². The molecule has 1 aliphatic rings. The van der Waals surface area contributed by atoms with E-state index in [0.717, 1.165) is 29.4 Å². The molecule has 0 bridgehead atoms. The summed E-state index contributed by atoms with van der Waals surface area (Å²) in [6.07, 6.45) is 1.55. The van der Waals surface area contributed by atoms with E-state index in [2.05, 4.69) is 62.2 Å². The van der Waals surface area contributed by atoms with Gasteiger partial charge in [-0.15, -0.1) is 10.2 Å². The SMILES string of the molecule is CCn1c(SC(C)C(=O)N2CCCC(C(N)=O)C2)nnc1-c1ccc(C(C)(C)C)cc1. The van der Waals surface area contributed by atoms with Crippen LogP contribution in [0.15, 0.2) is 29.4 Å². The van der Waals surface area contributed by atoms with Gasteiger partial charge in [0.2, 0.25) is 11.8 Å². The normalized spacial score (nSPS) is 18.1. The van der Waals surface area contributed by atoms with Crippen LogP contribution in [0.25, 0.3) is 11.4 Å². The Labute approximate surface area is 188 Å². The highest BCUT2D eigenvalue weighted by atomic mass is 32.2. The first-order valence-corrected chi connectivity index (χ1v) is 11.8. The maximum Gasteiger partial charge on any atom is 0.235 e. The van der Waals surface area contributed by atoms with Crippen LogP contribution in [0.5, 0.6) is 0 Å². The monoisotopic (exact) mass is 443 g/mol. The number of rotatable bonds is 6. The van der Waals surface area contributed by atoms with Crippen LogP contribution in [0.4, 0.5) is 0 Å². The summed E-state index contributed by atoms with van der Waals surface area (Å²) in [4.78, 5) is 26.3. The molecule has 2 atom stereocenters. The lowest BCUT2D eigenvalue weighted by molar-refractivity contribution is -0.134. The van der Waals surface area contributed by atoms with E-state index in [1.54, 1.807) is 4.90 Å². The molecule has 2 unspecified atom stereocenters. The Bertz CT molecular complexity index is 932. The molecular formula is C23H33N5O2S. The van der Waals surface area contributed by atoms with Crippen LogP contribution >= 0.6 is 11.8 Å². The molecule has 1 aliphatic heterocycles. The topological polar surface area (TPSA) is 94.1 Å². The van der Waals surface area contributed by atoms with Crippen LogP contribution in [0.1, 0.15) is 53.0 Å². The van der Waals surface area contributed by atoms with E-state index in [0.29, 0.717) is 19.6 Å². The average molecular weight is 444 g/mol. The Balaban J connectivity index is 1.74. The predicted octanol–water partition coefficient (Wildman–Crippen LogP) is 3.47. The Morgan fingerprint density at radius 1 is 1.23 bits per heavy atom. The van der Waals surface area contributed by atoms with Crippen molar-refractivity contribution in [3.05, 3.63) is 29.8 Å². The molecule has 0 spiro atoms. The fourth-order valence-corrected chi connectivity index (χ4v) is 4.87. The van der Waals surface area contributed by atoms with E-state index in [1.807, 2.05) is 11.5 Å². The molecule has 3 rings (SSSR count). The molecule has 7 nitrogen and oxygen atoms in total. The van der Waals surface area contributed by atoms with Crippen molar-refractivity contribution in [2.45, 2.75) is 69.8 Å². The number of nitrogens with zero attached hydrogens (tertiary/aromatic N) is 4. The standard InChI is InChI=1S/C23H33N5O2S/c1-6-28-20(16-9-11-18(12-10-16)23(3,4)5)25-26-22(28)31-15(2)21(30)27-13-7-8-17(14-27)19(24)29/h9-12,15,17H,6-8,13-14H2,1-5H3,(H2,24,29). The van der Waals surface area contributed by atoms with E-state index in [-0.39, 0.29) is 28.4 Å². The minimum absolute atomic E-state index is 0.0117. The zero-order chi connectivity index (χ0) is 22.8. The summed E-state index contributed by atoms with van der Waals surface area (Å²) in [7, 11) is 0. The molecule has 0 aliphatic carbocycles. The highest BCUT2D eigenvalue weighted by Crippen LogP contribution is 2.30. The highest BCUT2D eigenvalue weighted by Gasteiger charge is 2.30. The summed E-state index contributed by atoms with van der Waals surface area (Å²) in [6.45, 7) is 12.3. The quantitative estimate of drug-likeness (QED) is 0.690. The summed E-state index contributed by atoms with van der Waals surface area (Å²) < 4.78 is 2.04. The van der Waals surface area contributed by atoms with Crippen molar-refractivity contribution in [3.8, 4) is 11.4 Å². The number of nitrogens with two attached hydrogens (primary N) is 1. The first-order chi connectivity index (χ1) is 14.6. The molecule has 2 N–H and O–H groups in total. The lowest BCUT2D eigenvalue weighted by atomic mass is 9.87. The number of likely N-dealkylation sites (tertiary alicyclic amines) is 1. The van der Waals surface area contributed by atoms with Gasteiger partial charge in [0.15, 0.2) is 11.0 Å². The van der Waals surface area contributed by atoms with Gasteiger partial charge in [0.1, 0.15) is 0 Å². The second-order valence-electron chi connectivity index (χ2n) is 9.16. The lowest BCUT2D eigenvalue weighted by Gasteiger charge is -2.32. The molecule has 1 saturated heterocycles. The van der Waals surface area contributed by atoms with Crippen molar-refractivity contribution in [2.75, 3.05) is 13.1 Å². The van der Waals surface area contributed by atoms with Gasteiger partial charge in [-0.05, 0) is 37.7 Å². The Morgan fingerprint density at radius 2 is 1.90 bits per heavy atom. The van der Waals surface area contributed by atoms with Crippen LogP contribution in [-0.2, 0) is 21.5 Å². The third kappa shape index (κ3) is 5.29. The van der Waals surface area contributed by atoms with Crippen LogP contribution in [0.2, 0.25) is 0 Å². The van der Waals surface area contributed by atoms with Gasteiger partial charge >= 0.3 is 0 Å². The number of hydrogen-bond donors (Lipinski definition) is 1. The van der Waals surface area contributed by atoms with Gasteiger partial charge in [0.25, 0.3) is 0 Å². The van der Waals surface area contributed by atoms with E-state index in [9.17, 15) is 9.59 Å². The Morgan fingerprint density at radius 3 is 2.48 bits per heavy atom. The molecule has 8 heteroatoms. The second kappa shape index (κ2) is 9.42. The largest absolute Gasteiger partial charge is 0.369 e. The lowest BCUT2D eigenvalue weighted by Crippen LogP contribution is -2.46. The fraction of sp³-hybridized carbons (Fsp3) is 0.565.